The van der Waals surface area contributed by atoms with Crippen LogP contribution in [0.1, 0.15) is 13.3 Å². The van der Waals surface area contributed by atoms with Gasteiger partial charge in [0, 0.05) is 31.3 Å². The van der Waals surface area contributed by atoms with Gasteiger partial charge in [0.2, 0.25) is 5.91 Å². The van der Waals surface area contributed by atoms with Gasteiger partial charge in [0.15, 0.2) is 0 Å². The number of carbonyl (C=O) groups excluding carboxylic acids is 1. The third-order valence-corrected chi connectivity index (χ3v) is 1.67. The van der Waals surface area contributed by atoms with Crippen LogP contribution in [0, 0.1) is 0 Å². The summed E-state index contributed by atoms with van der Waals surface area (Å²) in [6.45, 7) is 3.52. The van der Waals surface area contributed by atoms with Gasteiger partial charge < -0.3 is 10.6 Å². The Morgan fingerprint density at radius 1 is 1.80 bits per heavy atom. The smallest absolute Gasteiger partial charge is 0.248 e. The van der Waals surface area contributed by atoms with Crippen LogP contribution >= 0.6 is 0 Å². The van der Waals surface area contributed by atoms with Crippen molar-refractivity contribution in [2.45, 2.75) is 13.3 Å². The fraction of sp³-hybridized carbons (Fsp3) is 0.571. The van der Waals surface area contributed by atoms with Crippen molar-refractivity contribution in [2.75, 3.05) is 13.1 Å². The first-order valence-electron chi connectivity index (χ1n) is 3.49. The van der Waals surface area contributed by atoms with Gasteiger partial charge in [-0.15, -0.1) is 0 Å². The van der Waals surface area contributed by atoms with Crippen molar-refractivity contribution >= 4 is 5.91 Å². The van der Waals surface area contributed by atoms with E-state index in [1.807, 2.05) is 6.92 Å². The van der Waals surface area contributed by atoms with Crippen LogP contribution in [-0.2, 0) is 4.79 Å². The van der Waals surface area contributed by atoms with Crippen LogP contribution in [0.5, 0.6) is 0 Å². The number of hydrogen-bond donors (Lipinski definition) is 1. The van der Waals surface area contributed by atoms with Crippen molar-refractivity contribution in [3.05, 3.63) is 11.8 Å². The Balaban J connectivity index is 2.64. The van der Waals surface area contributed by atoms with Gasteiger partial charge in [0.1, 0.15) is 0 Å². The fourth-order valence-electron chi connectivity index (χ4n) is 1.01. The average molecular weight is 140 g/mol. The van der Waals surface area contributed by atoms with Crippen LogP contribution in [0.25, 0.3) is 0 Å². The van der Waals surface area contributed by atoms with Gasteiger partial charge in [-0.25, -0.2) is 0 Å². The molecule has 0 unspecified atom stereocenters. The monoisotopic (exact) mass is 140 g/mol. The van der Waals surface area contributed by atoms with Gasteiger partial charge in [-0.3, -0.25) is 4.79 Å². The summed E-state index contributed by atoms with van der Waals surface area (Å²) in [7, 11) is 0. The maximum absolute atomic E-state index is 11.0. The van der Waals surface area contributed by atoms with E-state index in [2.05, 4.69) is 0 Å². The summed E-state index contributed by atoms with van der Waals surface area (Å²) in [6, 6.07) is 0. The Morgan fingerprint density at radius 3 is 3.00 bits per heavy atom. The highest BCUT2D eigenvalue weighted by molar-refractivity contribution is 5.89. The Labute approximate surface area is 60.5 Å². The molecule has 3 nitrogen and oxygen atoms in total. The summed E-state index contributed by atoms with van der Waals surface area (Å²) in [4.78, 5) is 12.8. The molecule has 2 N–H and O–H groups in total. The SMILES string of the molecule is CCN1CCC(N)=CC1=O. The predicted molar refractivity (Wildman–Crippen MR) is 39.1 cm³/mol. The van der Waals surface area contributed by atoms with Gasteiger partial charge in [-0.05, 0) is 6.92 Å². The van der Waals surface area contributed by atoms with Gasteiger partial charge in [-0.1, -0.05) is 0 Å². The minimum atomic E-state index is 0.0475. The molecule has 0 aromatic rings. The van der Waals surface area contributed by atoms with E-state index in [1.54, 1.807) is 4.90 Å². The molecule has 1 aliphatic heterocycles. The largest absolute Gasteiger partial charge is 0.402 e. The van der Waals surface area contributed by atoms with Crippen molar-refractivity contribution in [1.82, 2.24) is 4.90 Å². The van der Waals surface area contributed by atoms with Crippen LogP contribution in [0.2, 0.25) is 0 Å². The molecule has 0 aromatic heterocycles. The minimum absolute atomic E-state index is 0.0475. The standard InChI is InChI=1S/C7H12N2O/c1-2-9-4-3-6(8)5-7(9)10/h5H,2-4,8H2,1H3. The van der Waals surface area contributed by atoms with E-state index in [1.165, 1.54) is 6.08 Å². The molecule has 1 amide bonds. The summed E-state index contributed by atoms with van der Waals surface area (Å²) >= 11 is 0. The number of carbonyl (C=O) groups is 1. The van der Waals surface area contributed by atoms with Crippen LogP contribution in [0.4, 0.5) is 0 Å². The first-order chi connectivity index (χ1) is 4.74. The Morgan fingerprint density at radius 2 is 2.50 bits per heavy atom. The molecule has 0 saturated carbocycles. The Hall–Kier alpha value is -0.990. The zero-order valence-electron chi connectivity index (χ0n) is 6.13. The van der Waals surface area contributed by atoms with Crippen molar-refractivity contribution in [2.24, 2.45) is 5.73 Å². The topological polar surface area (TPSA) is 46.3 Å². The average Bonchev–Trinajstić information content (AvgIpc) is 1.88. The van der Waals surface area contributed by atoms with Crippen molar-refractivity contribution in [3.8, 4) is 0 Å². The lowest BCUT2D eigenvalue weighted by atomic mass is 10.2. The molecule has 0 aromatic carbocycles. The summed E-state index contributed by atoms with van der Waals surface area (Å²) < 4.78 is 0. The molecule has 56 valence electrons. The molecule has 0 fully saturated rings. The lowest BCUT2D eigenvalue weighted by molar-refractivity contribution is -0.126. The Kier molecular flexibility index (Phi) is 1.94. The van der Waals surface area contributed by atoms with Gasteiger partial charge in [-0.2, -0.15) is 0 Å². The third-order valence-electron chi connectivity index (χ3n) is 1.67. The molecule has 0 radical (unpaired) electrons. The minimum Gasteiger partial charge on any atom is -0.402 e. The number of amides is 1. The summed E-state index contributed by atoms with van der Waals surface area (Å²) in [6.07, 6.45) is 2.33. The van der Waals surface area contributed by atoms with Crippen molar-refractivity contribution in [1.29, 1.82) is 0 Å². The van der Waals surface area contributed by atoms with Crippen LogP contribution in [0.3, 0.4) is 0 Å². The number of nitrogens with two attached hydrogens (primary N) is 1. The lowest BCUT2D eigenvalue weighted by Crippen LogP contribution is -2.34. The molecule has 1 heterocycles. The molecule has 0 aliphatic carbocycles. The maximum Gasteiger partial charge on any atom is 0.248 e. The summed E-state index contributed by atoms with van der Waals surface area (Å²) in [5.41, 5.74) is 6.16. The summed E-state index contributed by atoms with van der Waals surface area (Å²) in [5.74, 6) is 0.0475. The van der Waals surface area contributed by atoms with E-state index in [-0.39, 0.29) is 5.91 Å². The molecule has 0 atom stereocenters. The first kappa shape index (κ1) is 7.12. The lowest BCUT2D eigenvalue weighted by Gasteiger charge is -2.23. The van der Waals surface area contributed by atoms with Gasteiger partial charge >= 0.3 is 0 Å². The van der Waals surface area contributed by atoms with Crippen molar-refractivity contribution < 1.29 is 4.79 Å². The molecule has 0 spiro atoms. The fourth-order valence-corrected chi connectivity index (χ4v) is 1.01. The highest BCUT2D eigenvalue weighted by Crippen LogP contribution is 2.05. The molecular formula is C7H12N2O. The van der Waals surface area contributed by atoms with E-state index >= 15 is 0 Å². The van der Waals surface area contributed by atoms with Gasteiger partial charge in [0.25, 0.3) is 0 Å². The second-order valence-corrected chi connectivity index (χ2v) is 2.39. The summed E-state index contributed by atoms with van der Waals surface area (Å²) in [5, 5.41) is 0. The maximum atomic E-state index is 11.0. The van der Waals surface area contributed by atoms with E-state index in [9.17, 15) is 4.79 Å². The zero-order valence-corrected chi connectivity index (χ0v) is 6.13. The highest BCUT2D eigenvalue weighted by atomic mass is 16.2. The Bertz CT molecular complexity index is 174. The van der Waals surface area contributed by atoms with Gasteiger partial charge in [0.05, 0.1) is 0 Å². The van der Waals surface area contributed by atoms with Crippen molar-refractivity contribution in [3.63, 3.8) is 0 Å². The number of rotatable bonds is 1. The predicted octanol–water partition coefficient (Wildman–Crippen LogP) is 0.0812. The normalized spacial score (nSPS) is 19.1. The third kappa shape index (κ3) is 1.29. The molecule has 1 rings (SSSR count). The number of hydrogen-bond acceptors (Lipinski definition) is 2. The van der Waals surface area contributed by atoms with E-state index in [0.29, 0.717) is 5.70 Å². The highest BCUT2D eigenvalue weighted by Gasteiger charge is 2.13. The second kappa shape index (κ2) is 2.73. The molecule has 10 heavy (non-hydrogen) atoms. The van der Waals surface area contributed by atoms with E-state index in [0.717, 1.165) is 19.5 Å². The zero-order chi connectivity index (χ0) is 7.56. The van der Waals surface area contributed by atoms with E-state index in [4.69, 9.17) is 5.73 Å². The van der Waals surface area contributed by atoms with Crippen LogP contribution in [-0.4, -0.2) is 23.9 Å². The molecule has 3 heteroatoms. The second-order valence-electron chi connectivity index (χ2n) is 2.39. The van der Waals surface area contributed by atoms with E-state index < -0.39 is 0 Å². The molecular weight excluding hydrogens is 128 g/mol. The van der Waals surface area contributed by atoms with Crippen LogP contribution in [0.15, 0.2) is 11.8 Å². The number of likely N-dealkylation sites (N-methyl/N-ethyl adjacent to an activating group) is 1. The first-order valence-corrected chi connectivity index (χ1v) is 3.49. The van der Waals surface area contributed by atoms with Crippen LogP contribution < -0.4 is 5.73 Å². The molecule has 0 saturated heterocycles. The molecule has 0 bridgehead atoms. The number of nitrogens with zero attached hydrogens (tertiary/aromatic N) is 1. The molecule has 1 aliphatic rings. The quantitative estimate of drug-likeness (QED) is 0.560.